The van der Waals surface area contributed by atoms with Gasteiger partial charge in [-0.1, -0.05) is 0 Å². The second-order valence-corrected chi connectivity index (χ2v) is 4.05. The van der Waals surface area contributed by atoms with E-state index in [1.54, 1.807) is 0 Å². The molecule has 0 saturated carbocycles. The Bertz CT molecular complexity index is 236. The lowest BCUT2D eigenvalue weighted by molar-refractivity contribution is -0.129. The van der Waals surface area contributed by atoms with E-state index >= 15 is 0 Å². The first-order chi connectivity index (χ1) is 6.69. The summed E-state index contributed by atoms with van der Waals surface area (Å²) in [7, 11) is 0. The van der Waals surface area contributed by atoms with Crippen LogP contribution in [0.25, 0.3) is 0 Å². The van der Waals surface area contributed by atoms with Crippen molar-refractivity contribution in [1.29, 1.82) is 0 Å². The Labute approximate surface area is 85.6 Å². The summed E-state index contributed by atoms with van der Waals surface area (Å²) < 4.78 is 0. The Morgan fingerprint density at radius 2 is 2.50 bits per heavy atom. The highest BCUT2D eigenvalue weighted by atomic mass is 16.2. The Hall–Kier alpha value is -1.01. The zero-order valence-electron chi connectivity index (χ0n) is 8.73. The van der Waals surface area contributed by atoms with Crippen LogP contribution in [0.5, 0.6) is 0 Å². The number of unbranched alkanes of at least 4 members (excludes halogenated alkanes) is 1. The lowest BCUT2D eigenvalue weighted by atomic mass is 9.89. The van der Waals surface area contributed by atoms with Crippen molar-refractivity contribution in [1.82, 2.24) is 10.6 Å². The molecule has 3 nitrogen and oxygen atoms in total. The van der Waals surface area contributed by atoms with Gasteiger partial charge in [-0.15, -0.1) is 12.3 Å². The average molecular weight is 194 g/mol. The van der Waals surface area contributed by atoms with Gasteiger partial charge in [-0.3, -0.25) is 4.79 Å². The van der Waals surface area contributed by atoms with E-state index in [1.165, 1.54) is 0 Å². The van der Waals surface area contributed by atoms with Crippen LogP contribution in [-0.4, -0.2) is 25.5 Å². The number of hydrogen-bond acceptors (Lipinski definition) is 2. The van der Waals surface area contributed by atoms with Gasteiger partial charge >= 0.3 is 0 Å². The Balaban J connectivity index is 2.24. The molecule has 1 amide bonds. The van der Waals surface area contributed by atoms with E-state index in [9.17, 15) is 4.79 Å². The second-order valence-electron chi connectivity index (χ2n) is 4.05. The normalized spacial score (nSPS) is 25.7. The molecular weight excluding hydrogens is 176 g/mol. The largest absolute Gasteiger partial charge is 0.356 e. The molecule has 0 aromatic heterocycles. The van der Waals surface area contributed by atoms with Crippen LogP contribution < -0.4 is 10.6 Å². The van der Waals surface area contributed by atoms with Crippen molar-refractivity contribution in [2.24, 2.45) is 5.41 Å². The summed E-state index contributed by atoms with van der Waals surface area (Å²) in [4.78, 5) is 11.7. The first-order valence-electron chi connectivity index (χ1n) is 5.11. The van der Waals surface area contributed by atoms with Crippen molar-refractivity contribution >= 4 is 5.91 Å². The average Bonchev–Trinajstić information content (AvgIpc) is 2.61. The summed E-state index contributed by atoms with van der Waals surface area (Å²) in [5.74, 6) is 2.71. The van der Waals surface area contributed by atoms with Crippen LogP contribution in [0.4, 0.5) is 0 Å². The molecule has 1 heterocycles. The molecule has 1 saturated heterocycles. The van der Waals surface area contributed by atoms with Gasteiger partial charge < -0.3 is 10.6 Å². The van der Waals surface area contributed by atoms with Crippen LogP contribution in [0.2, 0.25) is 0 Å². The van der Waals surface area contributed by atoms with E-state index in [0.717, 1.165) is 32.4 Å². The lowest BCUT2D eigenvalue weighted by Crippen LogP contribution is -2.40. The van der Waals surface area contributed by atoms with Gasteiger partial charge in [-0.2, -0.15) is 0 Å². The number of carbonyl (C=O) groups excluding carboxylic acids is 1. The van der Waals surface area contributed by atoms with Gasteiger partial charge in [0, 0.05) is 19.5 Å². The summed E-state index contributed by atoms with van der Waals surface area (Å²) >= 11 is 0. The Morgan fingerprint density at radius 1 is 1.71 bits per heavy atom. The predicted molar refractivity (Wildman–Crippen MR) is 56.7 cm³/mol. The summed E-state index contributed by atoms with van der Waals surface area (Å²) in [6, 6.07) is 0. The maximum absolute atomic E-state index is 11.7. The fourth-order valence-corrected chi connectivity index (χ4v) is 1.62. The molecule has 0 bridgehead atoms. The Kier molecular flexibility index (Phi) is 3.97. The maximum atomic E-state index is 11.7. The SMILES string of the molecule is C#CCCCNC(=O)C1(C)CCNC1. The smallest absolute Gasteiger partial charge is 0.227 e. The van der Waals surface area contributed by atoms with E-state index in [2.05, 4.69) is 16.6 Å². The standard InChI is InChI=1S/C11H18N2O/c1-3-4-5-7-13-10(14)11(2)6-8-12-9-11/h1,12H,4-9H2,2H3,(H,13,14). The molecule has 3 heteroatoms. The minimum Gasteiger partial charge on any atom is -0.356 e. The van der Waals surface area contributed by atoms with Crippen molar-refractivity contribution in [3.8, 4) is 12.3 Å². The third-order valence-corrected chi connectivity index (χ3v) is 2.70. The lowest BCUT2D eigenvalue weighted by Gasteiger charge is -2.21. The molecule has 0 aromatic rings. The molecule has 0 aromatic carbocycles. The summed E-state index contributed by atoms with van der Waals surface area (Å²) in [6.45, 7) is 4.42. The van der Waals surface area contributed by atoms with Crippen molar-refractivity contribution in [3.63, 3.8) is 0 Å². The molecule has 1 aliphatic heterocycles. The first-order valence-corrected chi connectivity index (χ1v) is 5.11. The summed E-state index contributed by atoms with van der Waals surface area (Å²) in [5.41, 5.74) is -0.212. The van der Waals surface area contributed by atoms with Crippen LogP contribution in [0.1, 0.15) is 26.2 Å². The van der Waals surface area contributed by atoms with Gasteiger partial charge in [-0.25, -0.2) is 0 Å². The van der Waals surface area contributed by atoms with Crippen molar-refractivity contribution < 1.29 is 4.79 Å². The maximum Gasteiger partial charge on any atom is 0.227 e. The minimum absolute atomic E-state index is 0.152. The van der Waals surface area contributed by atoms with Gasteiger partial charge in [0.1, 0.15) is 0 Å². The predicted octanol–water partition coefficient (Wildman–Crippen LogP) is 0.516. The number of carbonyl (C=O) groups is 1. The highest BCUT2D eigenvalue weighted by molar-refractivity contribution is 5.82. The van der Waals surface area contributed by atoms with Crippen molar-refractivity contribution in [2.45, 2.75) is 26.2 Å². The number of amides is 1. The molecule has 0 aliphatic carbocycles. The van der Waals surface area contributed by atoms with Gasteiger partial charge in [0.25, 0.3) is 0 Å². The molecule has 1 atom stereocenters. The third-order valence-electron chi connectivity index (χ3n) is 2.70. The molecule has 0 spiro atoms. The zero-order valence-corrected chi connectivity index (χ0v) is 8.73. The van der Waals surface area contributed by atoms with Crippen LogP contribution in [-0.2, 0) is 4.79 Å². The highest BCUT2D eigenvalue weighted by Gasteiger charge is 2.35. The number of hydrogen-bond donors (Lipinski definition) is 2. The van der Waals surface area contributed by atoms with Crippen LogP contribution in [0, 0.1) is 17.8 Å². The fourth-order valence-electron chi connectivity index (χ4n) is 1.62. The van der Waals surface area contributed by atoms with E-state index in [-0.39, 0.29) is 11.3 Å². The first kappa shape index (κ1) is 11.1. The van der Waals surface area contributed by atoms with Crippen LogP contribution >= 0.6 is 0 Å². The van der Waals surface area contributed by atoms with Crippen molar-refractivity contribution in [3.05, 3.63) is 0 Å². The third kappa shape index (κ3) is 2.74. The van der Waals surface area contributed by atoms with Gasteiger partial charge in [-0.05, 0) is 26.3 Å². The van der Waals surface area contributed by atoms with Gasteiger partial charge in [0.15, 0.2) is 0 Å². The minimum atomic E-state index is -0.212. The molecule has 78 valence electrons. The Morgan fingerprint density at radius 3 is 3.07 bits per heavy atom. The summed E-state index contributed by atoms with van der Waals surface area (Å²) in [6.07, 6.45) is 7.64. The molecular formula is C11H18N2O. The molecule has 0 radical (unpaired) electrons. The topological polar surface area (TPSA) is 41.1 Å². The fraction of sp³-hybridized carbons (Fsp3) is 0.727. The van der Waals surface area contributed by atoms with E-state index in [1.807, 2.05) is 6.92 Å². The van der Waals surface area contributed by atoms with Gasteiger partial charge in [0.05, 0.1) is 5.41 Å². The molecule has 1 rings (SSSR count). The van der Waals surface area contributed by atoms with Crippen molar-refractivity contribution in [2.75, 3.05) is 19.6 Å². The second kappa shape index (κ2) is 5.02. The number of rotatable bonds is 4. The van der Waals surface area contributed by atoms with Crippen LogP contribution in [0.15, 0.2) is 0 Å². The van der Waals surface area contributed by atoms with E-state index in [4.69, 9.17) is 6.42 Å². The molecule has 2 N–H and O–H groups in total. The number of nitrogens with one attached hydrogen (secondary N) is 2. The van der Waals surface area contributed by atoms with Gasteiger partial charge in [0.2, 0.25) is 5.91 Å². The van der Waals surface area contributed by atoms with E-state index < -0.39 is 0 Å². The highest BCUT2D eigenvalue weighted by Crippen LogP contribution is 2.24. The zero-order chi connectivity index (χ0) is 10.4. The molecule has 1 aliphatic rings. The monoisotopic (exact) mass is 194 g/mol. The van der Waals surface area contributed by atoms with Crippen LogP contribution in [0.3, 0.4) is 0 Å². The quantitative estimate of drug-likeness (QED) is 0.506. The van der Waals surface area contributed by atoms with E-state index in [0.29, 0.717) is 6.54 Å². The molecule has 1 fully saturated rings. The number of terminal acetylenes is 1. The molecule has 14 heavy (non-hydrogen) atoms. The summed E-state index contributed by atoms with van der Waals surface area (Å²) in [5, 5.41) is 6.13. The molecule has 1 unspecified atom stereocenters.